The molecule has 0 saturated heterocycles. The molecule has 3 aromatic heterocycles. The summed E-state index contributed by atoms with van der Waals surface area (Å²) in [6.07, 6.45) is 6.20. The standard InChI is InChI=1S/C22H21F2N3O3/c23-22(24)8-2-1-3-14(6-9-22)19(28)16-11-15-7-10-27(20(15)26-12-16)17-4-5-18(21(29)30)25-13-17/h4-5,7,10-14H,1-3,6,8-9H2,(H,29,30). The molecule has 0 radical (unpaired) electrons. The molecule has 1 saturated carbocycles. The average Bonchev–Trinajstić information content (AvgIpc) is 3.14. The maximum atomic E-state index is 13.8. The van der Waals surface area contributed by atoms with E-state index < -0.39 is 17.8 Å². The van der Waals surface area contributed by atoms with Gasteiger partial charge in [-0.3, -0.25) is 9.36 Å². The van der Waals surface area contributed by atoms with Crippen LogP contribution < -0.4 is 0 Å². The second-order valence-electron chi connectivity index (χ2n) is 7.73. The van der Waals surface area contributed by atoms with Crippen molar-refractivity contribution in [2.24, 2.45) is 5.92 Å². The number of carboxylic acid groups (broad SMARTS) is 1. The van der Waals surface area contributed by atoms with Crippen molar-refractivity contribution in [3.8, 4) is 5.69 Å². The van der Waals surface area contributed by atoms with Gasteiger partial charge in [-0.2, -0.15) is 0 Å². The van der Waals surface area contributed by atoms with Gasteiger partial charge in [0.2, 0.25) is 5.92 Å². The minimum atomic E-state index is -2.69. The van der Waals surface area contributed by atoms with E-state index >= 15 is 0 Å². The number of aromatic carboxylic acids is 1. The number of Topliss-reactive ketones (excluding diaryl/α,β-unsaturated/α-hetero) is 1. The SMILES string of the molecule is O=C(O)c1ccc(-n2ccc3cc(C(=O)C4CCCCC(F)(F)CC4)cnc32)cn1. The number of pyridine rings is 2. The second-order valence-corrected chi connectivity index (χ2v) is 7.73. The third-order valence-corrected chi connectivity index (χ3v) is 5.63. The van der Waals surface area contributed by atoms with Crippen LogP contribution in [-0.2, 0) is 0 Å². The molecular weight excluding hydrogens is 392 g/mol. The number of carbonyl (C=O) groups excluding carboxylic acids is 1. The van der Waals surface area contributed by atoms with Gasteiger partial charge in [-0.25, -0.2) is 23.5 Å². The van der Waals surface area contributed by atoms with E-state index in [0.29, 0.717) is 36.2 Å². The van der Waals surface area contributed by atoms with Gasteiger partial charge in [-0.05, 0) is 43.5 Å². The molecule has 0 bridgehead atoms. The van der Waals surface area contributed by atoms with Gasteiger partial charge in [0.25, 0.3) is 0 Å². The van der Waals surface area contributed by atoms with Crippen LogP contribution >= 0.6 is 0 Å². The Morgan fingerprint density at radius 2 is 1.90 bits per heavy atom. The maximum absolute atomic E-state index is 13.8. The number of halogens is 2. The van der Waals surface area contributed by atoms with Crippen LogP contribution in [0.25, 0.3) is 16.7 Å². The normalized spacial score (nSPS) is 19.2. The lowest BCUT2D eigenvalue weighted by atomic mass is 9.85. The molecule has 1 N–H and O–H groups in total. The highest BCUT2D eigenvalue weighted by molar-refractivity contribution is 6.00. The van der Waals surface area contributed by atoms with E-state index in [9.17, 15) is 18.4 Å². The van der Waals surface area contributed by atoms with Crippen molar-refractivity contribution in [1.29, 1.82) is 0 Å². The number of ketones is 1. The molecule has 30 heavy (non-hydrogen) atoms. The van der Waals surface area contributed by atoms with Crippen LogP contribution in [0.3, 0.4) is 0 Å². The number of carboxylic acids is 1. The molecule has 0 amide bonds. The Balaban J connectivity index is 1.58. The zero-order chi connectivity index (χ0) is 21.3. The van der Waals surface area contributed by atoms with Crippen LogP contribution in [0.15, 0.2) is 42.9 Å². The minimum Gasteiger partial charge on any atom is -0.477 e. The number of aromatic nitrogens is 3. The lowest BCUT2D eigenvalue weighted by Gasteiger charge is -2.24. The van der Waals surface area contributed by atoms with Crippen molar-refractivity contribution in [3.63, 3.8) is 0 Å². The van der Waals surface area contributed by atoms with Gasteiger partial charge >= 0.3 is 5.97 Å². The van der Waals surface area contributed by atoms with E-state index in [1.54, 1.807) is 29.0 Å². The minimum absolute atomic E-state index is 0.0548. The molecule has 3 aromatic rings. The highest BCUT2D eigenvalue weighted by Crippen LogP contribution is 2.34. The highest BCUT2D eigenvalue weighted by atomic mass is 19.3. The summed E-state index contributed by atoms with van der Waals surface area (Å²) in [6.45, 7) is 0. The third-order valence-electron chi connectivity index (χ3n) is 5.63. The summed E-state index contributed by atoms with van der Waals surface area (Å²) in [7, 11) is 0. The van der Waals surface area contributed by atoms with Crippen LogP contribution in [0.2, 0.25) is 0 Å². The van der Waals surface area contributed by atoms with Crippen LogP contribution in [0.4, 0.5) is 8.78 Å². The van der Waals surface area contributed by atoms with E-state index in [0.717, 1.165) is 5.39 Å². The first kappa shape index (κ1) is 20.1. The summed E-state index contributed by atoms with van der Waals surface area (Å²) in [5.74, 6) is -4.34. The number of nitrogens with zero attached hydrogens (tertiary/aromatic N) is 3. The monoisotopic (exact) mass is 413 g/mol. The molecule has 1 aliphatic carbocycles. The predicted octanol–water partition coefficient (Wildman–Crippen LogP) is 4.91. The molecule has 3 heterocycles. The van der Waals surface area contributed by atoms with Gasteiger partial charge in [0, 0.05) is 42.1 Å². The van der Waals surface area contributed by atoms with Gasteiger partial charge in [0.05, 0.1) is 11.9 Å². The number of alkyl halides is 2. The van der Waals surface area contributed by atoms with E-state index in [-0.39, 0.29) is 30.7 Å². The van der Waals surface area contributed by atoms with Crippen molar-refractivity contribution in [3.05, 3.63) is 54.1 Å². The molecule has 4 rings (SSSR count). The third kappa shape index (κ3) is 4.08. The van der Waals surface area contributed by atoms with Crippen LogP contribution in [0.1, 0.15) is 59.4 Å². The van der Waals surface area contributed by atoms with Crippen molar-refractivity contribution in [1.82, 2.24) is 14.5 Å². The largest absolute Gasteiger partial charge is 0.477 e. The summed E-state index contributed by atoms with van der Waals surface area (Å²) in [5, 5.41) is 9.71. The van der Waals surface area contributed by atoms with E-state index in [4.69, 9.17) is 5.11 Å². The topological polar surface area (TPSA) is 85.1 Å². The molecule has 1 aliphatic rings. The summed E-state index contributed by atoms with van der Waals surface area (Å²) in [6, 6.07) is 6.57. The average molecular weight is 413 g/mol. The second kappa shape index (κ2) is 7.93. The van der Waals surface area contributed by atoms with Crippen molar-refractivity contribution in [2.75, 3.05) is 0 Å². The summed E-state index contributed by atoms with van der Waals surface area (Å²) in [5.41, 5.74) is 1.61. The van der Waals surface area contributed by atoms with Gasteiger partial charge < -0.3 is 5.11 Å². The van der Waals surface area contributed by atoms with Crippen LogP contribution in [0, 0.1) is 5.92 Å². The quantitative estimate of drug-likeness (QED) is 0.615. The Labute approximate surface area is 171 Å². The molecule has 8 heteroatoms. The fourth-order valence-corrected chi connectivity index (χ4v) is 3.95. The predicted molar refractivity (Wildman–Crippen MR) is 106 cm³/mol. The Kier molecular flexibility index (Phi) is 5.32. The number of hydrogen-bond donors (Lipinski definition) is 1. The van der Waals surface area contributed by atoms with Crippen LogP contribution in [-0.4, -0.2) is 37.3 Å². The van der Waals surface area contributed by atoms with E-state index in [1.165, 1.54) is 18.5 Å². The number of carbonyl (C=O) groups is 2. The van der Waals surface area contributed by atoms with Crippen LogP contribution in [0.5, 0.6) is 0 Å². The zero-order valence-corrected chi connectivity index (χ0v) is 16.2. The fourth-order valence-electron chi connectivity index (χ4n) is 3.95. The molecule has 0 aliphatic heterocycles. The van der Waals surface area contributed by atoms with Crippen molar-refractivity contribution < 1.29 is 23.5 Å². The highest BCUT2D eigenvalue weighted by Gasteiger charge is 2.33. The lowest BCUT2D eigenvalue weighted by molar-refractivity contribution is -0.0277. The molecule has 1 fully saturated rings. The first-order chi connectivity index (χ1) is 14.3. The summed E-state index contributed by atoms with van der Waals surface area (Å²) in [4.78, 5) is 32.2. The Bertz CT molecular complexity index is 1090. The smallest absolute Gasteiger partial charge is 0.354 e. The molecule has 156 valence electrons. The van der Waals surface area contributed by atoms with E-state index in [2.05, 4.69) is 9.97 Å². The molecule has 0 spiro atoms. The van der Waals surface area contributed by atoms with Crippen molar-refractivity contribution in [2.45, 2.75) is 44.4 Å². The Morgan fingerprint density at radius 1 is 1.07 bits per heavy atom. The molecule has 0 aromatic carbocycles. The summed E-state index contributed by atoms with van der Waals surface area (Å²) >= 11 is 0. The molecule has 1 atom stereocenters. The maximum Gasteiger partial charge on any atom is 0.354 e. The van der Waals surface area contributed by atoms with Gasteiger partial charge in [0.15, 0.2) is 5.78 Å². The molecule has 6 nitrogen and oxygen atoms in total. The number of rotatable bonds is 4. The summed E-state index contributed by atoms with van der Waals surface area (Å²) < 4.78 is 29.3. The number of fused-ring (bicyclic) bond motifs is 1. The molecule has 1 unspecified atom stereocenters. The van der Waals surface area contributed by atoms with Gasteiger partial charge in [-0.1, -0.05) is 6.42 Å². The van der Waals surface area contributed by atoms with E-state index in [1.807, 2.05) is 0 Å². The first-order valence-electron chi connectivity index (χ1n) is 9.93. The zero-order valence-electron chi connectivity index (χ0n) is 16.2. The van der Waals surface area contributed by atoms with Crippen molar-refractivity contribution >= 4 is 22.8 Å². The Hall–Kier alpha value is -3.16. The van der Waals surface area contributed by atoms with Gasteiger partial charge in [-0.15, -0.1) is 0 Å². The van der Waals surface area contributed by atoms with Gasteiger partial charge in [0.1, 0.15) is 11.3 Å². The molecular formula is C22H21F2N3O3. The number of hydrogen-bond acceptors (Lipinski definition) is 4. The lowest BCUT2D eigenvalue weighted by Crippen LogP contribution is -2.24. The fraction of sp³-hybridized carbons (Fsp3) is 0.364. The Morgan fingerprint density at radius 3 is 2.63 bits per heavy atom. The first-order valence-corrected chi connectivity index (χ1v) is 9.93.